The molecule has 0 spiro atoms. The molecule has 2 fully saturated rings. The maximum Gasteiger partial charge on any atom is 0.146 e. The van der Waals surface area contributed by atoms with Crippen LogP contribution in [-0.4, -0.2) is 12.1 Å². The van der Waals surface area contributed by atoms with Gasteiger partial charge in [0.2, 0.25) is 0 Å². The summed E-state index contributed by atoms with van der Waals surface area (Å²) in [6, 6.07) is 0. The topological polar surface area (TPSA) is 34.1 Å². The number of allylic oxidation sites excluding steroid dienone is 2. The summed E-state index contributed by atoms with van der Waals surface area (Å²) in [5, 5.41) is 0. The van der Waals surface area contributed by atoms with Crippen molar-refractivity contribution in [1.29, 1.82) is 0 Å². The van der Waals surface area contributed by atoms with Crippen LogP contribution >= 0.6 is 0 Å². The van der Waals surface area contributed by atoms with Crippen LogP contribution < -0.4 is 0 Å². The first-order valence-corrected chi connectivity index (χ1v) is 6.58. The normalized spacial score (nSPS) is 46.6. The number of aldehydes is 1. The molecule has 3 aliphatic rings. The molecule has 0 N–H and O–H groups in total. The first-order valence-electron chi connectivity index (χ1n) is 6.58. The van der Waals surface area contributed by atoms with E-state index in [-0.39, 0.29) is 17.1 Å². The average molecular weight is 232 g/mol. The average Bonchev–Trinajstić information content (AvgIpc) is 2.31. The molecule has 0 aromatic rings. The third kappa shape index (κ3) is 1.22. The van der Waals surface area contributed by atoms with Crippen molar-refractivity contribution in [2.45, 2.75) is 40.0 Å². The van der Waals surface area contributed by atoms with Gasteiger partial charge in [0.05, 0.1) is 5.92 Å². The second-order valence-corrected chi connectivity index (χ2v) is 7.05. The summed E-state index contributed by atoms with van der Waals surface area (Å²) in [6.45, 7) is 6.84. The molecule has 2 nitrogen and oxygen atoms in total. The molecule has 17 heavy (non-hydrogen) atoms. The molecular weight excluding hydrogens is 212 g/mol. The fraction of sp³-hybridized carbons (Fsp3) is 0.733. The summed E-state index contributed by atoms with van der Waals surface area (Å²) in [7, 11) is 0. The fourth-order valence-electron chi connectivity index (χ4n) is 4.65. The van der Waals surface area contributed by atoms with E-state index in [2.05, 4.69) is 20.8 Å². The summed E-state index contributed by atoms with van der Waals surface area (Å²) >= 11 is 0. The van der Waals surface area contributed by atoms with Crippen molar-refractivity contribution >= 4 is 12.1 Å². The number of carbonyl (C=O) groups excluding carboxylic acids is 2. The summed E-state index contributed by atoms with van der Waals surface area (Å²) in [5.74, 6) is 1.47. The third-order valence-corrected chi connectivity index (χ3v) is 5.70. The van der Waals surface area contributed by atoms with Gasteiger partial charge in [-0.05, 0) is 41.1 Å². The summed E-state index contributed by atoms with van der Waals surface area (Å²) in [6.07, 6.45) is 5.82. The van der Waals surface area contributed by atoms with Crippen LogP contribution in [-0.2, 0) is 9.59 Å². The first-order chi connectivity index (χ1) is 7.90. The standard InChI is InChI=1S/C15H20O2/c1-14(2)6-11-10(14)5-4-9(8-16)13-12(17)7-15(11,13)3/h4,8,10-11,13H,5-7H2,1-3H3/t10-,11+,13-,15-/m1/s1. The molecule has 0 radical (unpaired) electrons. The fourth-order valence-corrected chi connectivity index (χ4v) is 4.65. The number of carbonyl (C=O) groups is 2. The summed E-state index contributed by atoms with van der Waals surface area (Å²) in [5.41, 5.74) is 1.21. The van der Waals surface area contributed by atoms with Gasteiger partial charge in [0.25, 0.3) is 0 Å². The quantitative estimate of drug-likeness (QED) is 0.651. The van der Waals surface area contributed by atoms with Gasteiger partial charge < -0.3 is 0 Å². The first kappa shape index (κ1) is 11.2. The largest absolute Gasteiger partial charge is 0.299 e. The zero-order chi connectivity index (χ0) is 12.4. The number of hydrogen-bond acceptors (Lipinski definition) is 2. The second-order valence-electron chi connectivity index (χ2n) is 7.05. The molecule has 0 aliphatic heterocycles. The van der Waals surface area contributed by atoms with Gasteiger partial charge in [0.15, 0.2) is 0 Å². The van der Waals surface area contributed by atoms with E-state index in [9.17, 15) is 9.59 Å². The molecule has 3 aliphatic carbocycles. The van der Waals surface area contributed by atoms with Crippen LogP contribution in [0.2, 0.25) is 0 Å². The van der Waals surface area contributed by atoms with Crippen LogP contribution in [0, 0.1) is 28.6 Å². The summed E-state index contributed by atoms with van der Waals surface area (Å²) in [4.78, 5) is 23.0. The highest BCUT2D eigenvalue weighted by atomic mass is 16.1. The Morgan fingerprint density at radius 3 is 2.53 bits per heavy atom. The molecule has 0 aromatic heterocycles. The Kier molecular flexibility index (Phi) is 2.04. The highest BCUT2D eigenvalue weighted by Crippen LogP contribution is 2.67. The molecule has 0 unspecified atom stereocenters. The highest BCUT2D eigenvalue weighted by Gasteiger charge is 2.64. The second kappa shape index (κ2) is 3.09. The van der Waals surface area contributed by atoms with Gasteiger partial charge in [0, 0.05) is 6.42 Å². The van der Waals surface area contributed by atoms with Gasteiger partial charge in [-0.1, -0.05) is 26.8 Å². The SMILES string of the molecule is CC1(C)C[C@H]2[C@H]1CC=C(C=O)[C@@H]1C(=O)C[C@@]12C. The van der Waals surface area contributed by atoms with E-state index in [0.29, 0.717) is 23.7 Å². The third-order valence-electron chi connectivity index (χ3n) is 5.70. The molecule has 92 valence electrons. The van der Waals surface area contributed by atoms with E-state index >= 15 is 0 Å². The van der Waals surface area contributed by atoms with E-state index in [1.54, 1.807) is 0 Å². The van der Waals surface area contributed by atoms with Gasteiger partial charge in [-0.15, -0.1) is 0 Å². The van der Waals surface area contributed by atoms with Crippen molar-refractivity contribution in [2.75, 3.05) is 0 Å². The minimum atomic E-state index is -0.0916. The van der Waals surface area contributed by atoms with E-state index in [1.165, 1.54) is 6.42 Å². The van der Waals surface area contributed by atoms with Crippen LogP contribution in [0.3, 0.4) is 0 Å². The maximum absolute atomic E-state index is 11.8. The van der Waals surface area contributed by atoms with Crippen molar-refractivity contribution < 1.29 is 9.59 Å². The monoisotopic (exact) mass is 232 g/mol. The molecule has 0 bridgehead atoms. The molecule has 2 saturated carbocycles. The van der Waals surface area contributed by atoms with Crippen molar-refractivity contribution in [3.05, 3.63) is 11.6 Å². The number of ketones is 1. The predicted octanol–water partition coefficient (Wildman–Crippen LogP) is 2.77. The molecule has 3 rings (SSSR count). The minimum Gasteiger partial charge on any atom is -0.299 e. The smallest absolute Gasteiger partial charge is 0.146 e. The Bertz CT molecular complexity index is 432. The highest BCUT2D eigenvalue weighted by molar-refractivity contribution is 5.97. The van der Waals surface area contributed by atoms with Gasteiger partial charge in [0.1, 0.15) is 12.1 Å². The Morgan fingerprint density at radius 2 is 2.00 bits per heavy atom. The Morgan fingerprint density at radius 1 is 1.29 bits per heavy atom. The molecule has 2 heteroatoms. The van der Waals surface area contributed by atoms with Gasteiger partial charge in [-0.2, -0.15) is 0 Å². The molecule has 0 heterocycles. The van der Waals surface area contributed by atoms with E-state index in [4.69, 9.17) is 0 Å². The molecule has 4 atom stereocenters. The zero-order valence-electron chi connectivity index (χ0n) is 10.8. The molecular formula is C15H20O2. The van der Waals surface area contributed by atoms with Gasteiger partial charge >= 0.3 is 0 Å². The van der Waals surface area contributed by atoms with Crippen LogP contribution in [0.1, 0.15) is 40.0 Å². The lowest BCUT2D eigenvalue weighted by molar-refractivity contribution is -0.164. The molecule has 0 aromatic carbocycles. The zero-order valence-corrected chi connectivity index (χ0v) is 10.8. The lowest BCUT2D eigenvalue weighted by Crippen LogP contribution is -2.59. The van der Waals surface area contributed by atoms with Crippen LogP contribution in [0.4, 0.5) is 0 Å². The summed E-state index contributed by atoms with van der Waals surface area (Å²) < 4.78 is 0. The molecule has 0 saturated heterocycles. The number of rotatable bonds is 1. The van der Waals surface area contributed by atoms with Crippen molar-refractivity contribution in [3.63, 3.8) is 0 Å². The minimum absolute atomic E-state index is 0.0700. The van der Waals surface area contributed by atoms with Crippen molar-refractivity contribution in [2.24, 2.45) is 28.6 Å². The van der Waals surface area contributed by atoms with Crippen LogP contribution in [0.25, 0.3) is 0 Å². The van der Waals surface area contributed by atoms with Crippen molar-refractivity contribution in [3.8, 4) is 0 Å². The predicted molar refractivity (Wildman–Crippen MR) is 65.4 cm³/mol. The van der Waals surface area contributed by atoms with E-state index < -0.39 is 0 Å². The lowest BCUT2D eigenvalue weighted by atomic mass is 9.41. The Labute approximate surface area is 102 Å². The lowest BCUT2D eigenvalue weighted by Gasteiger charge is -2.62. The van der Waals surface area contributed by atoms with Gasteiger partial charge in [-0.3, -0.25) is 9.59 Å². The Balaban J connectivity index is 2.00. The molecule has 0 amide bonds. The van der Waals surface area contributed by atoms with Crippen molar-refractivity contribution in [1.82, 2.24) is 0 Å². The number of fused-ring (bicyclic) bond motifs is 3. The van der Waals surface area contributed by atoms with E-state index in [1.807, 2.05) is 6.08 Å². The Hall–Kier alpha value is -0.920. The van der Waals surface area contributed by atoms with Crippen LogP contribution in [0.5, 0.6) is 0 Å². The number of Topliss-reactive ketones (excluding diaryl/α,β-unsaturated/α-hetero) is 1. The van der Waals surface area contributed by atoms with Gasteiger partial charge in [-0.25, -0.2) is 0 Å². The maximum atomic E-state index is 11.8. The van der Waals surface area contributed by atoms with Crippen LogP contribution in [0.15, 0.2) is 11.6 Å². The van der Waals surface area contributed by atoms with E-state index in [0.717, 1.165) is 18.3 Å². The number of hydrogen-bond donors (Lipinski definition) is 0.